The first-order valence-corrected chi connectivity index (χ1v) is 6.22. The van der Waals surface area contributed by atoms with Gasteiger partial charge in [-0.2, -0.15) is 0 Å². The van der Waals surface area contributed by atoms with E-state index in [9.17, 15) is 4.79 Å². The van der Waals surface area contributed by atoms with E-state index in [1.165, 1.54) is 0 Å². The molecule has 17 heavy (non-hydrogen) atoms. The number of nitrogens with one attached hydrogen (secondary N) is 1. The van der Waals surface area contributed by atoms with Crippen LogP contribution in [0.2, 0.25) is 5.02 Å². The molecule has 0 atom stereocenters. The Morgan fingerprint density at radius 3 is 2.82 bits per heavy atom. The Balaban J connectivity index is 2.50. The van der Waals surface area contributed by atoms with Crippen LogP contribution in [-0.2, 0) is 0 Å². The molecule has 94 valence electrons. The zero-order valence-electron chi connectivity index (χ0n) is 10.3. The summed E-state index contributed by atoms with van der Waals surface area (Å²) in [7, 11) is 0. The fourth-order valence-electron chi connectivity index (χ4n) is 1.53. The van der Waals surface area contributed by atoms with E-state index in [4.69, 9.17) is 17.3 Å². The number of carbonyl (C=O) groups excluding carboxylic acids is 1. The predicted octanol–water partition coefficient (Wildman–Crippen LogP) is 3.09. The average molecular weight is 255 g/mol. The van der Waals surface area contributed by atoms with Crippen molar-refractivity contribution in [2.45, 2.75) is 26.7 Å². The van der Waals surface area contributed by atoms with Gasteiger partial charge in [0.15, 0.2) is 0 Å². The van der Waals surface area contributed by atoms with Crippen molar-refractivity contribution in [2.75, 3.05) is 12.3 Å². The Labute approximate surface area is 107 Å². The molecular formula is C13H19ClN2O. The Morgan fingerprint density at radius 2 is 2.18 bits per heavy atom. The second-order valence-corrected chi connectivity index (χ2v) is 4.88. The molecule has 1 amide bonds. The lowest BCUT2D eigenvalue weighted by molar-refractivity contribution is 0.0952. The molecule has 0 bridgehead atoms. The van der Waals surface area contributed by atoms with Gasteiger partial charge in [0.25, 0.3) is 5.91 Å². The third-order valence-electron chi connectivity index (χ3n) is 2.52. The Morgan fingerprint density at radius 1 is 1.47 bits per heavy atom. The van der Waals surface area contributed by atoms with Crippen LogP contribution in [0.1, 0.15) is 37.0 Å². The first-order valence-electron chi connectivity index (χ1n) is 5.84. The fraction of sp³-hybridized carbons (Fsp3) is 0.462. The summed E-state index contributed by atoms with van der Waals surface area (Å²) < 4.78 is 0. The third kappa shape index (κ3) is 4.27. The maximum Gasteiger partial charge on any atom is 0.252 e. The minimum Gasteiger partial charge on any atom is -0.398 e. The minimum atomic E-state index is -0.161. The molecule has 0 saturated heterocycles. The molecule has 1 aromatic carbocycles. The number of nitrogens with two attached hydrogens (primary N) is 1. The molecule has 0 saturated carbocycles. The summed E-state index contributed by atoms with van der Waals surface area (Å²) in [6.07, 6.45) is 2.08. The van der Waals surface area contributed by atoms with Crippen LogP contribution in [0.15, 0.2) is 18.2 Å². The second-order valence-electron chi connectivity index (χ2n) is 4.50. The zero-order valence-corrected chi connectivity index (χ0v) is 11.1. The van der Waals surface area contributed by atoms with Gasteiger partial charge in [0.2, 0.25) is 0 Å². The Bertz CT molecular complexity index is 391. The van der Waals surface area contributed by atoms with E-state index in [2.05, 4.69) is 19.2 Å². The molecule has 0 aliphatic carbocycles. The SMILES string of the molecule is CC(C)CCCNC(=O)c1cccc(N)c1Cl. The smallest absolute Gasteiger partial charge is 0.252 e. The quantitative estimate of drug-likeness (QED) is 0.627. The largest absolute Gasteiger partial charge is 0.398 e. The van der Waals surface area contributed by atoms with Crippen molar-refractivity contribution in [1.82, 2.24) is 5.32 Å². The first-order chi connectivity index (χ1) is 8.02. The van der Waals surface area contributed by atoms with Gasteiger partial charge in [-0.15, -0.1) is 0 Å². The van der Waals surface area contributed by atoms with Crippen molar-refractivity contribution in [2.24, 2.45) is 5.92 Å². The Hall–Kier alpha value is -1.22. The maximum atomic E-state index is 11.8. The van der Waals surface area contributed by atoms with Crippen LogP contribution < -0.4 is 11.1 Å². The van der Waals surface area contributed by atoms with Crippen LogP contribution in [0.5, 0.6) is 0 Å². The summed E-state index contributed by atoms with van der Waals surface area (Å²) in [5, 5.41) is 3.17. The van der Waals surface area contributed by atoms with Gasteiger partial charge in [-0.3, -0.25) is 4.79 Å². The minimum absolute atomic E-state index is 0.161. The average Bonchev–Trinajstić information content (AvgIpc) is 2.27. The standard InChI is InChI=1S/C13H19ClN2O/c1-9(2)5-4-8-16-13(17)10-6-3-7-11(15)12(10)14/h3,6-7,9H,4-5,8,15H2,1-2H3,(H,16,17). The van der Waals surface area contributed by atoms with Crippen molar-refractivity contribution in [1.29, 1.82) is 0 Å². The summed E-state index contributed by atoms with van der Waals surface area (Å²) in [6.45, 7) is 5.00. The second kappa shape index (κ2) is 6.50. The number of anilines is 1. The molecule has 4 heteroatoms. The molecular weight excluding hydrogens is 236 g/mol. The number of amides is 1. The van der Waals surface area contributed by atoms with Crippen molar-refractivity contribution < 1.29 is 4.79 Å². The molecule has 0 heterocycles. The predicted molar refractivity (Wildman–Crippen MR) is 72.3 cm³/mol. The van der Waals surface area contributed by atoms with E-state index < -0.39 is 0 Å². The number of benzene rings is 1. The lowest BCUT2D eigenvalue weighted by Crippen LogP contribution is -2.25. The van der Waals surface area contributed by atoms with E-state index in [0.29, 0.717) is 28.7 Å². The van der Waals surface area contributed by atoms with Gasteiger partial charge in [-0.25, -0.2) is 0 Å². The van der Waals surface area contributed by atoms with Gasteiger partial charge in [0, 0.05) is 6.54 Å². The summed E-state index contributed by atoms with van der Waals surface area (Å²) in [5.41, 5.74) is 6.51. The van der Waals surface area contributed by atoms with E-state index in [1.807, 2.05) is 0 Å². The molecule has 0 radical (unpaired) electrons. The van der Waals surface area contributed by atoms with Gasteiger partial charge >= 0.3 is 0 Å². The van der Waals surface area contributed by atoms with E-state index in [-0.39, 0.29) is 5.91 Å². The van der Waals surface area contributed by atoms with Crippen molar-refractivity contribution in [3.8, 4) is 0 Å². The topological polar surface area (TPSA) is 55.1 Å². The first kappa shape index (κ1) is 13.8. The molecule has 3 N–H and O–H groups in total. The summed E-state index contributed by atoms with van der Waals surface area (Å²) in [5.74, 6) is 0.494. The Kier molecular flexibility index (Phi) is 5.29. The number of rotatable bonds is 5. The summed E-state index contributed by atoms with van der Waals surface area (Å²) in [4.78, 5) is 11.8. The lowest BCUT2D eigenvalue weighted by Gasteiger charge is -2.08. The van der Waals surface area contributed by atoms with Crippen LogP contribution in [0.4, 0.5) is 5.69 Å². The fourth-order valence-corrected chi connectivity index (χ4v) is 1.74. The van der Waals surface area contributed by atoms with Crippen molar-refractivity contribution >= 4 is 23.2 Å². The van der Waals surface area contributed by atoms with Crippen LogP contribution in [0, 0.1) is 5.92 Å². The van der Waals surface area contributed by atoms with Crippen molar-refractivity contribution in [3.05, 3.63) is 28.8 Å². The highest BCUT2D eigenvalue weighted by Crippen LogP contribution is 2.22. The highest BCUT2D eigenvalue weighted by Gasteiger charge is 2.11. The maximum absolute atomic E-state index is 11.8. The summed E-state index contributed by atoms with van der Waals surface area (Å²) in [6, 6.07) is 5.08. The van der Waals surface area contributed by atoms with Gasteiger partial charge in [0.05, 0.1) is 16.3 Å². The van der Waals surface area contributed by atoms with Gasteiger partial charge in [0.1, 0.15) is 0 Å². The monoisotopic (exact) mass is 254 g/mol. The van der Waals surface area contributed by atoms with Gasteiger partial charge in [-0.05, 0) is 30.9 Å². The molecule has 0 aromatic heterocycles. The molecule has 0 spiro atoms. The lowest BCUT2D eigenvalue weighted by atomic mass is 10.1. The number of hydrogen-bond donors (Lipinski definition) is 2. The van der Waals surface area contributed by atoms with Crippen LogP contribution >= 0.6 is 11.6 Å². The van der Waals surface area contributed by atoms with Crippen LogP contribution in [0.3, 0.4) is 0 Å². The van der Waals surface area contributed by atoms with Gasteiger partial charge < -0.3 is 11.1 Å². The van der Waals surface area contributed by atoms with Crippen molar-refractivity contribution in [3.63, 3.8) is 0 Å². The summed E-state index contributed by atoms with van der Waals surface area (Å²) >= 11 is 5.97. The molecule has 0 aliphatic rings. The number of halogens is 1. The molecule has 0 fully saturated rings. The highest BCUT2D eigenvalue weighted by atomic mass is 35.5. The molecule has 0 unspecified atom stereocenters. The normalized spacial score (nSPS) is 10.6. The number of nitrogen functional groups attached to an aromatic ring is 1. The number of carbonyl (C=O) groups is 1. The van der Waals surface area contributed by atoms with Gasteiger partial charge in [-0.1, -0.05) is 31.5 Å². The molecule has 3 nitrogen and oxygen atoms in total. The highest BCUT2D eigenvalue weighted by molar-refractivity contribution is 6.36. The van der Waals surface area contributed by atoms with E-state index >= 15 is 0 Å². The van der Waals surface area contributed by atoms with Crippen LogP contribution in [-0.4, -0.2) is 12.5 Å². The molecule has 1 aromatic rings. The van der Waals surface area contributed by atoms with Crippen LogP contribution in [0.25, 0.3) is 0 Å². The molecule has 1 rings (SSSR count). The van der Waals surface area contributed by atoms with E-state index in [0.717, 1.165) is 12.8 Å². The van der Waals surface area contributed by atoms with E-state index in [1.54, 1.807) is 18.2 Å². The molecule has 0 aliphatic heterocycles. The number of hydrogen-bond acceptors (Lipinski definition) is 2. The third-order valence-corrected chi connectivity index (χ3v) is 2.94. The zero-order chi connectivity index (χ0) is 12.8.